The molecule has 4 nitrogen and oxygen atoms in total. The average Bonchev–Trinajstić information content (AvgIpc) is 2.36. The Labute approximate surface area is 114 Å². The Morgan fingerprint density at radius 1 is 1.16 bits per heavy atom. The number of rotatable bonds is 5. The van der Waals surface area contributed by atoms with Crippen molar-refractivity contribution < 1.29 is 9.59 Å². The van der Waals surface area contributed by atoms with Crippen LogP contribution in [0.4, 0.5) is 0 Å². The Hall–Kier alpha value is -1.84. The van der Waals surface area contributed by atoms with Gasteiger partial charge in [0.1, 0.15) is 6.04 Å². The average molecular weight is 262 g/mol. The van der Waals surface area contributed by atoms with E-state index in [1.165, 1.54) is 0 Å². The minimum Gasteiger partial charge on any atom is -0.355 e. The van der Waals surface area contributed by atoms with Crippen LogP contribution in [0.5, 0.6) is 0 Å². The number of likely N-dealkylation sites (N-methyl/N-ethyl adjacent to an activating group) is 1. The molecule has 0 spiro atoms. The van der Waals surface area contributed by atoms with E-state index in [1.807, 2.05) is 39.8 Å². The first-order valence-corrected chi connectivity index (χ1v) is 6.61. The zero-order valence-corrected chi connectivity index (χ0v) is 12.0. The van der Waals surface area contributed by atoms with Crippen molar-refractivity contribution in [2.45, 2.75) is 33.7 Å². The van der Waals surface area contributed by atoms with Gasteiger partial charge in [-0.25, -0.2) is 0 Å². The summed E-state index contributed by atoms with van der Waals surface area (Å²) in [6, 6.07) is 6.78. The van der Waals surface area contributed by atoms with Crippen molar-refractivity contribution in [1.82, 2.24) is 10.6 Å². The second-order valence-electron chi connectivity index (χ2n) is 4.96. The standard InChI is InChI=1S/C15H22N2O2/c1-5-16-15(19)13(10(2)3)17-14(18)12-8-6-11(4)7-9-12/h6-10,13H,5H2,1-4H3,(H,16,19)(H,17,18). The van der Waals surface area contributed by atoms with Gasteiger partial charge in [-0.15, -0.1) is 0 Å². The highest BCUT2D eigenvalue weighted by Gasteiger charge is 2.23. The fraction of sp³-hybridized carbons (Fsp3) is 0.467. The maximum Gasteiger partial charge on any atom is 0.251 e. The van der Waals surface area contributed by atoms with Gasteiger partial charge in [-0.05, 0) is 31.9 Å². The van der Waals surface area contributed by atoms with E-state index in [0.717, 1.165) is 5.56 Å². The summed E-state index contributed by atoms with van der Waals surface area (Å²) in [6.45, 7) is 8.21. The van der Waals surface area contributed by atoms with Crippen LogP contribution >= 0.6 is 0 Å². The molecule has 1 atom stereocenters. The molecule has 1 rings (SSSR count). The van der Waals surface area contributed by atoms with Crippen LogP contribution in [0.2, 0.25) is 0 Å². The molecule has 0 aliphatic rings. The number of nitrogens with one attached hydrogen (secondary N) is 2. The Morgan fingerprint density at radius 3 is 2.21 bits per heavy atom. The summed E-state index contributed by atoms with van der Waals surface area (Å²) in [5.41, 5.74) is 1.67. The normalized spacial score (nSPS) is 12.1. The number of hydrogen-bond donors (Lipinski definition) is 2. The monoisotopic (exact) mass is 262 g/mol. The molecule has 1 unspecified atom stereocenters. The molecule has 0 saturated carbocycles. The highest BCUT2D eigenvalue weighted by molar-refractivity contribution is 5.97. The van der Waals surface area contributed by atoms with Crippen LogP contribution in [0, 0.1) is 12.8 Å². The van der Waals surface area contributed by atoms with Crippen molar-refractivity contribution in [1.29, 1.82) is 0 Å². The Balaban J connectivity index is 2.76. The van der Waals surface area contributed by atoms with E-state index in [9.17, 15) is 9.59 Å². The van der Waals surface area contributed by atoms with Crippen molar-refractivity contribution >= 4 is 11.8 Å². The number of amides is 2. The summed E-state index contributed by atoms with van der Waals surface area (Å²) < 4.78 is 0. The van der Waals surface area contributed by atoms with E-state index in [4.69, 9.17) is 0 Å². The third kappa shape index (κ3) is 4.39. The third-order valence-electron chi connectivity index (χ3n) is 2.90. The largest absolute Gasteiger partial charge is 0.355 e. The quantitative estimate of drug-likeness (QED) is 0.851. The minimum absolute atomic E-state index is 0.0425. The first-order valence-electron chi connectivity index (χ1n) is 6.61. The highest BCUT2D eigenvalue weighted by Crippen LogP contribution is 2.06. The molecule has 104 valence electrons. The van der Waals surface area contributed by atoms with Gasteiger partial charge in [-0.1, -0.05) is 31.5 Å². The molecule has 19 heavy (non-hydrogen) atoms. The molecule has 0 radical (unpaired) electrons. The maximum atomic E-state index is 12.1. The van der Waals surface area contributed by atoms with Gasteiger partial charge in [-0.3, -0.25) is 9.59 Å². The molecule has 0 aliphatic carbocycles. The van der Waals surface area contributed by atoms with Crippen molar-refractivity contribution in [3.05, 3.63) is 35.4 Å². The molecular formula is C15H22N2O2. The SMILES string of the molecule is CCNC(=O)C(NC(=O)c1ccc(C)cc1)C(C)C. The summed E-state index contributed by atoms with van der Waals surface area (Å²) in [7, 11) is 0. The summed E-state index contributed by atoms with van der Waals surface area (Å²) in [5, 5.41) is 5.53. The second kappa shape index (κ2) is 6.92. The van der Waals surface area contributed by atoms with Gasteiger partial charge in [-0.2, -0.15) is 0 Å². The Bertz CT molecular complexity index is 438. The topological polar surface area (TPSA) is 58.2 Å². The van der Waals surface area contributed by atoms with Crippen LogP contribution in [0.25, 0.3) is 0 Å². The molecule has 0 aliphatic heterocycles. The molecule has 0 aromatic heterocycles. The van der Waals surface area contributed by atoms with Crippen LogP contribution < -0.4 is 10.6 Å². The second-order valence-corrected chi connectivity index (χ2v) is 4.96. The van der Waals surface area contributed by atoms with Crippen molar-refractivity contribution in [3.8, 4) is 0 Å². The number of hydrogen-bond acceptors (Lipinski definition) is 2. The van der Waals surface area contributed by atoms with Crippen LogP contribution in [-0.2, 0) is 4.79 Å². The van der Waals surface area contributed by atoms with Gasteiger partial charge < -0.3 is 10.6 Å². The van der Waals surface area contributed by atoms with Gasteiger partial charge in [0.2, 0.25) is 5.91 Å². The number of carbonyl (C=O) groups is 2. The predicted molar refractivity (Wildman–Crippen MR) is 76.0 cm³/mol. The van der Waals surface area contributed by atoms with E-state index in [0.29, 0.717) is 12.1 Å². The van der Waals surface area contributed by atoms with E-state index in [2.05, 4.69) is 10.6 Å². The molecule has 0 heterocycles. The van der Waals surface area contributed by atoms with E-state index >= 15 is 0 Å². The molecule has 1 aromatic rings. The third-order valence-corrected chi connectivity index (χ3v) is 2.90. The van der Waals surface area contributed by atoms with Gasteiger partial charge in [0, 0.05) is 12.1 Å². The van der Waals surface area contributed by atoms with Crippen molar-refractivity contribution in [3.63, 3.8) is 0 Å². The highest BCUT2D eigenvalue weighted by atomic mass is 16.2. The molecule has 2 N–H and O–H groups in total. The fourth-order valence-electron chi connectivity index (χ4n) is 1.75. The molecular weight excluding hydrogens is 240 g/mol. The Morgan fingerprint density at radius 2 is 1.74 bits per heavy atom. The summed E-state index contributed by atoms with van der Waals surface area (Å²) in [6.07, 6.45) is 0. The fourth-order valence-corrected chi connectivity index (χ4v) is 1.75. The molecule has 4 heteroatoms. The lowest BCUT2D eigenvalue weighted by atomic mass is 10.0. The summed E-state index contributed by atoms with van der Waals surface area (Å²) in [4.78, 5) is 24.0. The van der Waals surface area contributed by atoms with E-state index in [1.54, 1.807) is 12.1 Å². The van der Waals surface area contributed by atoms with Crippen molar-refractivity contribution in [2.24, 2.45) is 5.92 Å². The molecule has 1 aromatic carbocycles. The van der Waals surface area contributed by atoms with Gasteiger partial charge in [0.15, 0.2) is 0 Å². The molecule has 0 fully saturated rings. The number of benzene rings is 1. The van der Waals surface area contributed by atoms with Crippen LogP contribution in [0.15, 0.2) is 24.3 Å². The lowest BCUT2D eigenvalue weighted by molar-refractivity contribution is -0.123. The van der Waals surface area contributed by atoms with Crippen LogP contribution in [-0.4, -0.2) is 24.4 Å². The van der Waals surface area contributed by atoms with Crippen LogP contribution in [0.3, 0.4) is 0 Å². The molecule has 0 bridgehead atoms. The number of carbonyl (C=O) groups excluding carboxylic acids is 2. The Kier molecular flexibility index (Phi) is 5.55. The van der Waals surface area contributed by atoms with Crippen LogP contribution in [0.1, 0.15) is 36.7 Å². The first-order chi connectivity index (χ1) is 8.95. The van der Waals surface area contributed by atoms with Crippen molar-refractivity contribution in [2.75, 3.05) is 6.54 Å². The smallest absolute Gasteiger partial charge is 0.251 e. The van der Waals surface area contributed by atoms with Gasteiger partial charge in [0.05, 0.1) is 0 Å². The number of aryl methyl sites for hydroxylation is 1. The zero-order valence-electron chi connectivity index (χ0n) is 12.0. The van der Waals surface area contributed by atoms with E-state index in [-0.39, 0.29) is 17.7 Å². The first kappa shape index (κ1) is 15.2. The van der Waals surface area contributed by atoms with E-state index < -0.39 is 6.04 Å². The molecule has 2 amide bonds. The zero-order chi connectivity index (χ0) is 14.4. The minimum atomic E-state index is -0.506. The van der Waals surface area contributed by atoms with Gasteiger partial charge in [0.25, 0.3) is 5.91 Å². The lowest BCUT2D eigenvalue weighted by Gasteiger charge is -2.21. The maximum absolute atomic E-state index is 12.1. The lowest BCUT2D eigenvalue weighted by Crippen LogP contribution is -2.49. The summed E-state index contributed by atoms with van der Waals surface area (Å²) >= 11 is 0. The summed E-state index contributed by atoms with van der Waals surface area (Å²) in [5.74, 6) is -0.316. The predicted octanol–water partition coefficient (Wildman–Crippen LogP) is 1.89. The molecule has 0 saturated heterocycles. The van der Waals surface area contributed by atoms with Gasteiger partial charge >= 0.3 is 0 Å².